The normalized spacial score (nSPS) is 18.4. The number of carbonyl (C=O) groups is 1. The summed E-state index contributed by atoms with van der Waals surface area (Å²) in [6, 6.07) is 26.6. The maximum absolute atomic E-state index is 13.8. The minimum atomic E-state index is -0.153. The van der Waals surface area contributed by atoms with Gasteiger partial charge in [0.25, 0.3) is 5.91 Å². The van der Waals surface area contributed by atoms with Gasteiger partial charge in [0.15, 0.2) is 5.17 Å². The number of amidine groups is 1. The fourth-order valence-electron chi connectivity index (χ4n) is 4.22. The van der Waals surface area contributed by atoms with E-state index in [9.17, 15) is 9.90 Å². The fraction of sp³-hybridized carbons (Fsp3) is 0.0714. The number of ether oxygens (including phenoxy) is 1. The third-order valence-electron chi connectivity index (χ3n) is 6.08. The largest absolute Gasteiger partial charge is 0.508 e. The van der Waals surface area contributed by atoms with Gasteiger partial charge in [-0.15, -0.1) is 0 Å². The molecule has 0 atom stereocenters. The molecule has 0 radical (unpaired) electrons. The lowest BCUT2D eigenvalue weighted by atomic mass is 10.1. The van der Waals surface area contributed by atoms with Crippen LogP contribution in [0.1, 0.15) is 0 Å². The maximum atomic E-state index is 13.8. The molecular weight excluding hydrogens is 490 g/mol. The molecule has 0 aliphatic carbocycles. The van der Waals surface area contributed by atoms with E-state index < -0.39 is 0 Å². The zero-order valence-electron chi connectivity index (χ0n) is 19.5. The number of methoxy groups -OCH3 is 1. The highest BCUT2D eigenvalue weighted by molar-refractivity contribution is 8.20. The van der Waals surface area contributed by atoms with Crippen LogP contribution in [0.25, 0.3) is 10.8 Å². The Bertz CT molecular complexity index is 1580. The van der Waals surface area contributed by atoms with Gasteiger partial charge in [-0.25, -0.2) is 4.99 Å². The molecule has 2 aliphatic rings. The minimum Gasteiger partial charge on any atom is -0.508 e. The first-order valence-corrected chi connectivity index (χ1v) is 12.9. The highest BCUT2D eigenvalue weighted by atomic mass is 32.2. The fourth-order valence-corrected chi connectivity index (χ4v) is 6.54. The summed E-state index contributed by atoms with van der Waals surface area (Å²) in [7, 11) is 3.60. The van der Waals surface area contributed by atoms with Gasteiger partial charge in [-0.05, 0) is 71.1 Å². The quantitative estimate of drug-likeness (QED) is 0.308. The van der Waals surface area contributed by atoms with Crippen LogP contribution in [0, 0.1) is 0 Å². The van der Waals surface area contributed by atoms with Gasteiger partial charge in [0.2, 0.25) is 0 Å². The monoisotopic (exact) mass is 511 g/mol. The number of carbonyl (C=O) groups excluding carboxylic acids is 1. The second-order valence-electron chi connectivity index (χ2n) is 8.31. The number of amides is 1. The van der Waals surface area contributed by atoms with E-state index in [4.69, 9.17) is 9.73 Å². The molecule has 6 rings (SSSR count). The van der Waals surface area contributed by atoms with E-state index in [2.05, 4.69) is 6.07 Å². The van der Waals surface area contributed by atoms with Crippen LogP contribution < -0.4 is 14.5 Å². The van der Waals surface area contributed by atoms with Crippen molar-refractivity contribution < 1.29 is 14.6 Å². The summed E-state index contributed by atoms with van der Waals surface area (Å²) in [6.07, 6.45) is 0. The molecule has 0 aromatic heterocycles. The van der Waals surface area contributed by atoms with Crippen molar-refractivity contribution in [3.63, 3.8) is 0 Å². The van der Waals surface area contributed by atoms with Crippen molar-refractivity contribution in [1.82, 2.24) is 0 Å². The lowest BCUT2D eigenvalue weighted by Gasteiger charge is -2.17. The van der Waals surface area contributed by atoms with Crippen LogP contribution in [0.15, 0.2) is 105 Å². The van der Waals surface area contributed by atoms with Crippen LogP contribution in [-0.2, 0) is 4.79 Å². The topological polar surface area (TPSA) is 65.4 Å². The Kier molecular flexibility index (Phi) is 5.62. The molecule has 0 bridgehead atoms. The maximum Gasteiger partial charge on any atom is 0.274 e. The summed E-state index contributed by atoms with van der Waals surface area (Å²) < 4.78 is 5.40. The molecule has 178 valence electrons. The molecule has 0 spiro atoms. The predicted molar refractivity (Wildman–Crippen MR) is 149 cm³/mol. The van der Waals surface area contributed by atoms with Crippen LogP contribution in [0.2, 0.25) is 0 Å². The summed E-state index contributed by atoms with van der Waals surface area (Å²) in [5.41, 5.74) is 2.40. The molecule has 2 heterocycles. The number of anilines is 2. The molecule has 1 saturated heterocycles. The van der Waals surface area contributed by atoms with Crippen LogP contribution in [-0.4, -0.2) is 30.3 Å². The zero-order chi connectivity index (χ0) is 24.8. The molecule has 2 aliphatic heterocycles. The van der Waals surface area contributed by atoms with Crippen molar-refractivity contribution >= 4 is 62.4 Å². The summed E-state index contributed by atoms with van der Waals surface area (Å²) in [4.78, 5) is 24.0. The molecule has 4 aromatic carbocycles. The summed E-state index contributed by atoms with van der Waals surface area (Å²) in [5, 5.41) is 13.4. The molecule has 0 saturated carbocycles. The number of thioether (sulfide) groups is 2. The van der Waals surface area contributed by atoms with Crippen LogP contribution in [0.5, 0.6) is 11.5 Å². The van der Waals surface area contributed by atoms with Gasteiger partial charge >= 0.3 is 0 Å². The molecule has 8 heteroatoms. The molecule has 1 amide bonds. The van der Waals surface area contributed by atoms with E-state index in [0.717, 1.165) is 37.8 Å². The Morgan fingerprint density at radius 3 is 2.44 bits per heavy atom. The van der Waals surface area contributed by atoms with Crippen LogP contribution in [0.4, 0.5) is 17.1 Å². The van der Waals surface area contributed by atoms with Gasteiger partial charge < -0.3 is 14.7 Å². The van der Waals surface area contributed by atoms with Gasteiger partial charge in [0.1, 0.15) is 16.4 Å². The van der Waals surface area contributed by atoms with E-state index in [-0.39, 0.29) is 11.7 Å². The van der Waals surface area contributed by atoms with Gasteiger partial charge in [-0.3, -0.25) is 9.69 Å². The molecule has 36 heavy (non-hydrogen) atoms. The Morgan fingerprint density at radius 1 is 0.889 bits per heavy atom. The SMILES string of the molecule is COc1ccc2c(c1)N(C)/C(=C1/SC(=Nc3ccc4ccccc4c3)N(c3ccc(O)cc3)C1=O)S2. The third-order valence-corrected chi connectivity index (χ3v) is 8.47. The van der Waals surface area contributed by atoms with Gasteiger partial charge in [-0.1, -0.05) is 42.1 Å². The highest BCUT2D eigenvalue weighted by Crippen LogP contribution is 2.51. The summed E-state index contributed by atoms with van der Waals surface area (Å²) >= 11 is 2.92. The number of fused-ring (bicyclic) bond motifs is 2. The van der Waals surface area contributed by atoms with Crippen LogP contribution >= 0.6 is 23.5 Å². The van der Waals surface area contributed by atoms with Gasteiger partial charge in [-0.2, -0.15) is 0 Å². The molecule has 0 unspecified atom stereocenters. The van der Waals surface area contributed by atoms with Crippen molar-refractivity contribution in [3.8, 4) is 11.5 Å². The third kappa shape index (κ3) is 3.88. The summed E-state index contributed by atoms with van der Waals surface area (Å²) in [6.45, 7) is 0. The zero-order valence-corrected chi connectivity index (χ0v) is 21.1. The average Bonchev–Trinajstić information content (AvgIpc) is 3.40. The minimum absolute atomic E-state index is 0.139. The van der Waals surface area contributed by atoms with Crippen molar-refractivity contribution in [2.75, 3.05) is 24.0 Å². The molecule has 1 fully saturated rings. The first-order chi connectivity index (χ1) is 17.5. The van der Waals surface area contributed by atoms with E-state index >= 15 is 0 Å². The van der Waals surface area contributed by atoms with E-state index in [0.29, 0.717) is 15.8 Å². The standard InChI is InChI=1S/C28H21N3O3S2/c1-30-23-16-22(34-2)13-14-24(23)35-27(30)25-26(33)31(20-9-11-21(32)12-10-20)28(36-25)29-19-8-7-17-5-3-4-6-18(17)15-19/h3-16,32H,1-2H3/b27-25-,29-28?. The number of aliphatic imine (C=N–C) groups is 1. The summed E-state index contributed by atoms with van der Waals surface area (Å²) in [5.74, 6) is 0.751. The van der Waals surface area contributed by atoms with Crippen molar-refractivity contribution in [2.24, 2.45) is 4.99 Å². The predicted octanol–water partition coefficient (Wildman–Crippen LogP) is 6.73. The number of aromatic hydroxyl groups is 1. The Balaban J connectivity index is 1.45. The number of nitrogens with zero attached hydrogens (tertiary/aromatic N) is 3. The second kappa shape index (κ2) is 8.96. The van der Waals surface area contributed by atoms with Crippen molar-refractivity contribution in [2.45, 2.75) is 4.90 Å². The van der Waals surface area contributed by atoms with Crippen LogP contribution in [0.3, 0.4) is 0 Å². The van der Waals surface area contributed by atoms with Gasteiger partial charge in [0.05, 0.1) is 29.2 Å². The van der Waals surface area contributed by atoms with E-state index in [1.165, 1.54) is 11.8 Å². The Morgan fingerprint density at radius 2 is 1.67 bits per heavy atom. The smallest absolute Gasteiger partial charge is 0.274 e. The van der Waals surface area contributed by atoms with Gasteiger partial charge in [0, 0.05) is 18.0 Å². The van der Waals surface area contributed by atoms with E-state index in [1.54, 1.807) is 48.0 Å². The first-order valence-electron chi connectivity index (χ1n) is 11.2. The number of hydrogen-bond donors (Lipinski definition) is 1. The Hall–Kier alpha value is -3.88. The number of phenols is 1. The lowest BCUT2D eigenvalue weighted by Crippen LogP contribution is -2.29. The number of rotatable bonds is 3. The molecule has 4 aromatic rings. The number of hydrogen-bond acceptors (Lipinski definition) is 7. The van der Waals surface area contributed by atoms with Crippen molar-refractivity contribution in [1.29, 1.82) is 0 Å². The number of benzene rings is 4. The molecule has 1 N–H and O–H groups in total. The first kappa shape index (κ1) is 22.6. The lowest BCUT2D eigenvalue weighted by molar-refractivity contribution is -0.113. The Labute approximate surface area is 216 Å². The van der Waals surface area contributed by atoms with E-state index in [1.807, 2.05) is 66.5 Å². The van der Waals surface area contributed by atoms with Crippen molar-refractivity contribution in [3.05, 3.63) is 94.9 Å². The molecule has 6 nitrogen and oxygen atoms in total. The highest BCUT2D eigenvalue weighted by Gasteiger charge is 2.40. The number of phenolic OH excluding ortho intramolecular Hbond substituents is 1. The second-order valence-corrected chi connectivity index (χ2v) is 10.3. The molecular formula is C28H21N3O3S2. The average molecular weight is 512 g/mol.